The number of nitrogens with one attached hydrogen (secondary N) is 1. The summed E-state index contributed by atoms with van der Waals surface area (Å²) in [5, 5.41) is 20.2. The lowest BCUT2D eigenvalue weighted by molar-refractivity contribution is 0.286. The van der Waals surface area contributed by atoms with Gasteiger partial charge in [-0.25, -0.2) is 4.39 Å². The Kier molecular flexibility index (Phi) is 4.22. The minimum Gasteiger partial charge on any atom is -0.395 e. The Morgan fingerprint density at radius 3 is 2.87 bits per heavy atom. The second-order valence-corrected chi connectivity index (χ2v) is 3.25. The third-order valence-corrected chi connectivity index (χ3v) is 2.18. The van der Waals surface area contributed by atoms with E-state index in [0.717, 1.165) is 5.56 Å². The predicted octanol–water partition coefficient (Wildman–Crippen LogP) is 1.34. The first-order valence-electron chi connectivity index (χ1n) is 4.73. The van der Waals surface area contributed by atoms with Gasteiger partial charge in [-0.15, -0.1) is 0 Å². The number of halogens is 1. The fourth-order valence-electron chi connectivity index (χ4n) is 1.29. The Bertz CT molecular complexity index is 373. The van der Waals surface area contributed by atoms with E-state index in [9.17, 15) is 4.39 Å². The highest BCUT2D eigenvalue weighted by Crippen LogP contribution is 2.15. The van der Waals surface area contributed by atoms with Crippen LogP contribution in [0.15, 0.2) is 18.2 Å². The average molecular weight is 208 g/mol. The van der Waals surface area contributed by atoms with E-state index in [1.807, 2.05) is 6.92 Å². The van der Waals surface area contributed by atoms with Crippen LogP contribution in [0.25, 0.3) is 0 Å². The molecule has 4 heteroatoms. The molecule has 1 aromatic carbocycles. The summed E-state index contributed by atoms with van der Waals surface area (Å²) in [6.45, 7) is 2.38. The van der Waals surface area contributed by atoms with Crippen molar-refractivity contribution in [3.63, 3.8) is 0 Å². The first-order valence-corrected chi connectivity index (χ1v) is 4.73. The van der Waals surface area contributed by atoms with Crippen LogP contribution in [-0.4, -0.2) is 18.3 Å². The van der Waals surface area contributed by atoms with Crippen molar-refractivity contribution in [2.45, 2.75) is 13.0 Å². The van der Waals surface area contributed by atoms with Crippen molar-refractivity contribution in [1.82, 2.24) is 5.32 Å². The van der Waals surface area contributed by atoms with Gasteiger partial charge in [0, 0.05) is 12.6 Å². The second kappa shape index (κ2) is 5.44. The first kappa shape index (κ1) is 11.6. The number of nitrogens with zero attached hydrogens (tertiary/aromatic N) is 1. The Balaban J connectivity index is 2.79. The molecule has 1 atom stereocenters. The molecule has 0 aliphatic carbocycles. The van der Waals surface area contributed by atoms with E-state index >= 15 is 0 Å². The number of hydrogen-bond acceptors (Lipinski definition) is 3. The van der Waals surface area contributed by atoms with E-state index < -0.39 is 5.82 Å². The lowest BCUT2D eigenvalue weighted by Gasteiger charge is -2.13. The Morgan fingerprint density at radius 1 is 1.60 bits per heavy atom. The molecule has 0 aromatic heterocycles. The van der Waals surface area contributed by atoms with Crippen LogP contribution in [0.3, 0.4) is 0 Å². The Hall–Kier alpha value is -1.44. The van der Waals surface area contributed by atoms with Gasteiger partial charge in [0.1, 0.15) is 11.9 Å². The van der Waals surface area contributed by atoms with Gasteiger partial charge in [-0.1, -0.05) is 6.07 Å². The summed E-state index contributed by atoms with van der Waals surface area (Å²) in [5.74, 6) is -0.507. The summed E-state index contributed by atoms with van der Waals surface area (Å²) < 4.78 is 13.2. The maximum Gasteiger partial charge on any atom is 0.141 e. The topological polar surface area (TPSA) is 56.0 Å². The standard InChI is InChI=1S/C11H13FN2O/c1-8(14-4-5-15)9-2-3-10(7-13)11(12)6-9/h2-3,6,8,14-15H,4-5H2,1H3. The van der Waals surface area contributed by atoms with Gasteiger partial charge in [0.15, 0.2) is 0 Å². The lowest BCUT2D eigenvalue weighted by Crippen LogP contribution is -2.22. The zero-order valence-electron chi connectivity index (χ0n) is 8.50. The molecule has 0 heterocycles. The number of benzene rings is 1. The predicted molar refractivity (Wildman–Crippen MR) is 54.6 cm³/mol. The molecule has 1 unspecified atom stereocenters. The molecule has 0 saturated carbocycles. The molecule has 0 aliphatic rings. The molecule has 80 valence electrons. The fraction of sp³-hybridized carbons (Fsp3) is 0.364. The normalized spacial score (nSPS) is 12.1. The van der Waals surface area contributed by atoms with Crippen LogP contribution in [0.5, 0.6) is 0 Å². The molecule has 15 heavy (non-hydrogen) atoms. The highest BCUT2D eigenvalue weighted by molar-refractivity contribution is 5.34. The van der Waals surface area contributed by atoms with Gasteiger partial charge in [0.05, 0.1) is 12.2 Å². The fourth-order valence-corrected chi connectivity index (χ4v) is 1.29. The summed E-state index contributed by atoms with van der Waals surface area (Å²) >= 11 is 0. The molecule has 1 rings (SSSR count). The number of nitriles is 1. The van der Waals surface area contributed by atoms with Crippen LogP contribution in [0.1, 0.15) is 24.1 Å². The van der Waals surface area contributed by atoms with Gasteiger partial charge in [-0.05, 0) is 24.6 Å². The number of aliphatic hydroxyl groups is 1. The van der Waals surface area contributed by atoms with Crippen molar-refractivity contribution >= 4 is 0 Å². The van der Waals surface area contributed by atoms with E-state index in [4.69, 9.17) is 10.4 Å². The van der Waals surface area contributed by atoms with Gasteiger partial charge < -0.3 is 10.4 Å². The third-order valence-electron chi connectivity index (χ3n) is 2.18. The van der Waals surface area contributed by atoms with Crippen molar-refractivity contribution in [1.29, 1.82) is 5.26 Å². The average Bonchev–Trinajstić information content (AvgIpc) is 2.25. The van der Waals surface area contributed by atoms with Crippen molar-refractivity contribution in [2.75, 3.05) is 13.2 Å². The van der Waals surface area contributed by atoms with Crippen molar-refractivity contribution in [3.05, 3.63) is 35.1 Å². The highest BCUT2D eigenvalue weighted by Gasteiger charge is 2.07. The van der Waals surface area contributed by atoms with Crippen LogP contribution < -0.4 is 5.32 Å². The van der Waals surface area contributed by atoms with Crippen LogP contribution in [0.4, 0.5) is 4.39 Å². The van der Waals surface area contributed by atoms with E-state index in [2.05, 4.69) is 5.32 Å². The van der Waals surface area contributed by atoms with Gasteiger partial charge >= 0.3 is 0 Å². The van der Waals surface area contributed by atoms with Crippen molar-refractivity contribution in [3.8, 4) is 6.07 Å². The molecule has 0 radical (unpaired) electrons. The maximum atomic E-state index is 13.2. The second-order valence-electron chi connectivity index (χ2n) is 3.25. The van der Waals surface area contributed by atoms with Crippen LogP contribution in [0.2, 0.25) is 0 Å². The van der Waals surface area contributed by atoms with Crippen LogP contribution in [0, 0.1) is 17.1 Å². The Labute approximate surface area is 88.2 Å². The van der Waals surface area contributed by atoms with Gasteiger partial charge in [-0.3, -0.25) is 0 Å². The zero-order valence-corrected chi connectivity index (χ0v) is 8.50. The molecule has 1 aromatic rings. The molecular formula is C11H13FN2O. The third kappa shape index (κ3) is 3.01. The van der Waals surface area contributed by atoms with Gasteiger partial charge in [-0.2, -0.15) is 5.26 Å². The monoisotopic (exact) mass is 208 g/mol. The summed E-state index contributed by atoms with van der Waals surface area (Å²) in [6.07, 6.45) is 0. The quantitative estimate of drug-likeness (QED) is 0.785. The van der Waals surface area contributed by atoms with E-state index in [-0.39, 0.29) is 18.2 Å². The number of aliphatic hydroxyl groups excluding tert-OH is 1. The summed E-state index contributed by atoms with van der Waals surface area (Å²) in [7, 11) is 0. The minimum absolute atomic E-state index is 0.0422. The summed E-state index contributed by atoms with van der Waals surface area (Å²) in [4.78, 5) is 0. The molecule has 0 aliphatic heterocycles. The van der Waals surface area contributed by atoms with Crippen molar-refractivity contribution in [2.24, 2.45) is 0 Å². The largest absolute Gasteiger partial charge is 0.395 e. The van der Waals surface area contributed by atoms with E-state index in [1.165, 1.54) is 12.1 Å². The number of hydrogen-bond donors (Lipinski definition) is 2. The molecule has 0 bridgehead atoms. The van der Waals surface area contributed by atoms with Crippen LogP contribution >= 0.6 is 0 Å². The van der Waals surface area contributed by atoms with E-state index in [1.54, 1.807) is 12.1 Å². The minimum atomic E-state index is -0.507. The van der Waals surface area contributed by atoms with Crippen LogP contribution in [-0.2, 0) is 0 Å². The molecule has 0 fully saturated rings. The highest BCUT2D eigenvalue weighted by atomic mass is 19.1. The maximum absolute atomic E-state index is 13.2. The summed E-state index contributed by atoms with van der Waals surface area (Å²) in [6, 6.07) is 6.23. The molecule has 0 amide bonds. The molecular weight excluding hydrogens is 195 g/mol. The molecule has 0 saturated heterocycles. The van der Waals surface area contributed by atoms with Gasteiger partial charge in [0.2, 0.25) is 0 Å². The van der Waals surface area contributed by atoms with E-state index in [0.29, 0.717) is 6.54 Å². The summed E-state index contributed by atoms with van der Waals surface area (Å²) in [5.41, 5.74) is 0.813. The Morgan fingerprint density at radius 2 is 2.33 bits per heavy atom. The zero-order chi connectivity index (χ0) is 11.3. The smallest absolute Gasteiger partial charge is 0.141 e. The number of rotatable bonds is 4. The van der Waals surface area contributed by atoms with Crippen molar-refractivity contribution < 1.29 is 9.50 Å². The first-order chi connectivity index (χ1) is 7.19. The molecule has 2 N–H and O–H groups in total. The SMILES string of the molecule is CC(NCCO)c1ccc(C#N)c(F)c1. The molecule has 3 nitrogen and oxygen atoms in total. The van der Waals surface area contributed by atoms with Gasteiger partial charge in [0.25, 0.3) is 0 Å². The molecule has 0 spiro atoms. The lowest BCUT2D eigenvalue weighted by atomic mass is 10.1.